The lowest BCUT2D eigenvalue weighted by molar-refractivity contribution is 0.130. The fourth-order valence-electron chi connectivity index (χ4n) is 4.10. The summed E-state index contributed by atoms with van der Waals surface area (Å²) in [6.07, 6.45) is 5.24. The molecule has 0 saturated carbocycles. The van der Waals surface area contributed by atoms with E-state index in [1.165, 1.54) is 39.4 Å². The number of halogens is 2. The summed E-state index contributed by atoms with van der Waals surface area (Å²) in [5.41, 5.74) is 1.36. The summed E-state index contributed by atoms with van der Waals surface area (Å²) in [6, 6.07) is 8.01. The molecule has 0 radical (unpaired) electrons. The summed E-state index contributed by atoms with van der Waals surface area (Å²) >= 11 is 7.25. The molecular formula is C22H20ClFN4O3S. The number of rotatable bonds is 5. The van der Waals surface area contributed by atoms with Crippen molar-refractivity contribution < 1.29 is 14.3 Å². The van der Waals surface area contributed by atoms with E-state index in [9.17, 15) is 19.1 Å². The van der Waals surface area contributed by atoms with Gasteiger partial charge in [0.1, 0.15) is 5.82 Å². The maximum atomic E-state index is 14.3. The zero-order valence-corrected chi connectivity index (χ0v) is 18.7. The van der Waals surface area contributed by atoms with Crippen LogP contribution in [0.15, 0.2) is 58.7 Å². The lowest BCUT2D eigenvalue weighted by Gasteiger charge is -2.32. The van der Waals surface area contributed by atoms with Crippen LogP contribution in [-0.4, -0.2) is 49.5 Å². The summed E-state index contributed by atoms with van der Waals surface area (Å²) in [7, 11) is 0. The third-order valence-electron chi connectivity index (χ3n) is 5.55. The molecule has 1 aliphatic rings. The zero-order chi connectivity index (χ0) is 22.8. The number of nitrogens with zero attached hydrogens (tertiary/aromatic N) is 4. The van der Waals surface area contributed by atoms with Crippen molar-refractivity contribution in [3.05, 3.63) is 75.5 Å². The molecule has 0 spiro atoms. The molecule has 1 saturated heterocycles. The molecule has 1 aliphatic heterocycles. The van der Waals surface area contributed by atoms with Gasteiger partial charge in [0.15, 0.2) is 5.16 Å². The lowest BCUT2D eigenvalue weighted by Crippen LogP contribution is -2.43. The number of thioether (sulfide) groups is 1. The second-order valence-corrected chi connectivity index (χ2v) is 8.57. The highest BCUT2D eigenvalue weighted by Gasteiger charge is 2.37. The van der Waals surface area contributed by atoms with Gasteiger partial charge in [0.2, 0.25) is 0 Å². The molecule has 32 heavy (non-hydrogen) atoms. The van der Waals surface area contributed by atoms with Crippen molar-refractivity contribution >= 4 is 29.5 Å². The number of hydrogen-bond donors (Lipinski definition) is 1. The Morgan fingerprint density at radius 2 is 2.12 bits per heavy atom. The average Bonchev–Trinajstić information content (AvgIpc) is 3.27. The predicted octanol–water partition coefficient (Wildman–Crippen LogP) is 4.55. The summed E-state index contributed by atoms with van der Waals surface area (Å²) in [4.78, 5) is 34.9. The Labute approximate surface area is 192 Å². The second-order valence-electron chi connectivity index (χ2n) is 7.39. The summed E-state index contributed by atoms with van der Waals surface area (Å²) in [6.45, 7) is 0.359. The SMILES string of the molecule is CSc1nccc(-c2ccn([C@@H](c3ccc(Cl)c(F)c3)[C@H]3CCCN3C(=O)O)c(=O)c2)n1. The molecule has 2 aromatic heterocycles. The average molecular weight is 475 g/mol. The first-order chi connectivity index (χ1) is 15.4. The van der Waals surface area contributed by atoms with E-state index in [2.05, 4.69) is 9.97 Å². The highest BCUT2D eigenvalue weighted by atomic mass is 35.5. The molecule has 1 aromatic carbocycles. The standard InChI is InChI=1S/C22H20ClFN4O3S/c1-32-21-25-8-6-17(26-21)13-7-10-28(19(29)12-13)20(14-4-5-15(23)16(24)11-14)18-3-2-9-27(18)22(30)31/h4-8,10-12,18,20H,2-3,9H2,1H3,(H,30,31)/t18-,20+/m1/s1. The molecule has 3 heterocycles. The summed E-state index contributed by atoms with van der Waals surface area (Å²) in [5.74, 6) is -0.621. The Hall–Kier alpha value is -2.91. The third-order valence-corrected chi connectivity index (χ3v) is 6.42. The Kier molecular flexibility index (Phi) is 6.48. The van der Waals surface area contributed by atoms with Crippen molar-refractivity contribution in [1.29, 1.82) is 0 Å². The van der Waals surface area contributed by atoms with Crippen LogP contribution in [0.4, 0.5) is 9.18 Å². The number of carboxylic acid groups (broad SMARTS) is 1. The molecule has 0 aliphatic carbocycles. The van der Waals surface area contributed by atoms with Crippen LogP contribution in [0.25, 0.3) is 11.3 Å². The Morgan fingerprint density at radius 3 is 2.81 bits per heavy atom. The molecule has 1 fully saturated rings. The van der Waals surface area contributed by atoms with E-state index in [0.29, 0.717) is 41.4 Å². The van der Waals surface area contributed by atoms with Crippen molar-refractivity contribution in [3.8, 4) is 11.3 Å². The molecule has 1 N–H and O–H groups in total. The van der Waals surface area contributed by atoms with Gasteiger partial charge in [-0.2, -0.15) is 0 Å². The maximum Gasteiger partial charge on any atom is 0.407 e. The van der Waals surface area contributed by atoms with Crippen molar-refractivity contribution in [3.63, 3.8) is 0 Å². The second kappa shape index (κ2) is 9.30. The van der Waals surface area contributed by atoms with Crippen LogP contribution in [0.2, 0.25) is 5.02 Å². The molecule has 0 unspecified atom stereocenters. The van der Waals surface area contributed by atoms with E-state index in [4.69, 9.17) is 11.6 Å². The Balaban J connectivity index is 1.81. The van der Waals surface area contributed by atoms with Gasteiger partial charge in [-0.15, -0.1) is 0 Å². The van der Waals surface area contributed by atoms with E-state index in [-0.39, 0.29) is 10.6 Å². The fraction of sp³-hybridized carbons (Fsp3) is 0.273. The minimum absolute atomic E-state index is 0.0370. The number of aromatic nitrogens is 3. The van der Waals surface area contributed by atoms with E-state index in [1.54, 1.807) is 30.6 Å². The molecule has 7 nitrogen and oxygen atoms in total. The van der Waals surface area contributed by atoms with Crippen LogP contribution in [0.1, 0.15) is 24.4 Å². The molecule has 2 atom stereocenters. The van der Waals surface area contributed by atoms with Gasteiger partial charge in [0.05, 0.1) is 22.8 Å². The largest absolute Gasteiger partial charge is 0.465 e. The molecule has 10 heteroatoms. The maximum absolute atomic E-state index is 14.3. The van der Waals surface area contributed by atoms with Crippen LogP contribution < -0.4 is 5.56 Å². The normalized spacial score (nSPS) is 16.8. The van der Waals surface area contributed by atoms with Crippen molar-refractivity contribution in [2.45, 2.75) is 30.1 Å². The van der Waals surface area contributed by atoms with Crippen LogP contribution in [0.5, 0.6) is 0 Å². The van der Waals surface area contributed by atoms with Crippen molar-refractivity contribution in [1.82, 2.24) is 19.4 Å². The summed E-state index contributed by atoms with van der Waals surface area (Å²) < 4.78 is 15.7. The molecule has 0 bridgehead atoms. The highest BCUT2D eigenvalue weighted by molar-refractivity contribution is 7.98. The van der Waals surface area contributed by atoms with Crippen LogP contribution in [0, 0.1) is 5.82 Å². The smallest absolute Gasteiger partial charge is 0.407 e. The molecule has 3 aromatic rings. The number of benzene rings is 1. The van der Waals surface area contributed by atoms with E-state index in [1.807, 2.05) is 6.26 Å². The van der Waals surface area contributed by atoms with E-state index < -0.39 is 24.0 Å². The summed E-state index contributed by atoms with van der Waals surface area (Å²) in [5, 5.41) is 10.2. The van der Waals surface area contributed by atoms with Crippen LogP contribution >= 0.6 is 23.4 Å². The monoisotopic (exact) mass is 474 g/mol. The fourth-order valence-corrected chi connectivity index (χ4v) is 4.57. The van der Waals surface area contributed by atoms with Gasteiger partial charge in [-0.1, -0.05) is 29.4 Å². The van der Waals surface area contributed by atoms with Gasteiger partial charge in [0, 0.05) is 30.6 Å². The number of carbonyl (C=O) groups is 1. The highest BCUT2D eigenvalue weighted by Crippen LogP contribution is 2.33. The quantitative estimate of drug-likeness (QED) is 0.431. The molecule has 1 amide bonds. The number of hydrogen-bond acceptors (Lipinski definition) is 5. The van der Waals surface area contributed by atoms with Gasteiger partial charge >= 0.3 is 6.09 Å². The third kappa shape index (κ3) is 4.35. The van der Waals surface area contributed by atoms with Crippen LogP contribution in [-0.2, 0) is 0 Å². The van der Waals surface area contributed by atoms with E-state index in [0.717, 1.165) is 0 Å². The molecule has 166 valence electrons. The van der Waals surface area contributed by atoms with Crippen LogP contribution in [0.3, 0.4) is 0 Å². The number of pyridine rings is 1. The first-order valence-electron chi connectivity index (χ1n) is 9.93. The number of likely N-dealkylation sites (tertiary alicyclic amines) is 1. The van der Waals surface area contributed by atoms with Crippen molar-refractivity contribution in [2.24, 2.45) is 0 Å². The minimum atomic E-state index is -1.07. The first-order valence-corrected chi connectivity index (χ1v) is 11.5. The topological polar surface area (TPSA) is 88.3 Å². The predicted molar refractivity (Wildman–Crippen MR) is 121 cm³/mol. The lowest BCUT2D eigenvalue weighted by atomic mass is 9.96. The first kappa shape index (κ1) is 22.3. The van der Waals surface area contributed by atoms with Gasteiger partial charge in [-0.25, -0.2) is 19.2 Å². The van der Waals surface area contributed by atoms with Gasteiger partial charge < -0.3 is 14.6 Å². The van der Waals surface area contributed by atoms with E-state index >= 15 is 0 Å². The van der Waals surface area contributed by atoms with Crippen molar-refractivity contribution in [2.75, 3.05) is 12.8 Å². The molecule has 4 rings (SSSR count). The van der Waals surface area contributed by atoms with Gasteiger partial charge in [-0.3, -0.25) is 4.79 Å². The van der Waals surface area contributed by atoms with Gasteiger partial charge in [0.25, 0.3) is 5.56 Å². The minimum Gasteiger partial charge on any atom is -0.465 e. The zero-order valence-electron chi connectivity index (χ0n) is 17.1. The Bertz CT molecular complexity index is 1220. The Morgan fingerprint density at radius 1 is 1.31 bits per heavy atom. The molecular weight excluding hydrogens is 455 g/mol. The van der Waals surface area contributed by atoms with Gasteiger partial charge in [-0.05, 0) is 48.9 Å². The number of amides is 1.